The number of nitrogens with zero attached hydrogens (tertiary/aromatic N) is 1. The number of pyridine rings is 1. The highest BCUT2D eigenvalue weighted by Crippen LogP contribution is 2.29. The number of rotatable bonds is 5. The SMILES string of the molecule is COC(=O)CC(c1cccc(OC)n1)C(C)(C)N. The van der Waals surface area contributed by atoms with E-state index in [0.717, 1.165) is 5.69 Å². The molecular formula is C13H20N2O3. The lowest BCUT2D eigenvalue weighted by Crippen LogP contribution is -2.40. The van der Waals surface area contributed by atoms with Gasteiger partial charge >= 0.3 is 5.97 Å². The zero-order valence-corrected chi connectivity index (χ0v) is 11.3. The first-order valence-electron chi connectivity index (χ1n) is 5.75. The maximum atomic E-state index is 11.5. The van der Waals surface area contributed by atoms with Crippen LogP contribution in [0.1, 0.15) is 31.9 Å². The van der Waals surface area contributed by atoms with Crippen LogP contribution in [0.4, 0.5) is 0 Å². The van der Waals surface area contributed by atoms with Gasteiger partial charge in [-0.05, 0) is 19.9 Å². The molecule has 5 heteroatoms. The van der Waals surface area contributed by atoms with E-state index < -0.39 is 5.54 Å². The Morgan fingerprint density at radius 1 is 1.44 bits per heavy atom. The van der Waals surface area contributed by atoms with Crippen LogP contribution in [0.3, 0.4) is 0 Å². The highest BCUT2D eigenvalue weighted by Gasteiger charge is 2.30. The number of nitrogens with two attached hydrogens (primary N) is 1. The van der Waals surface area contributed by atoms with Crippen LogP contribution in [0.5, 0.6) is 5.88 Å². The Morgan fingerprint density at radius 2 is 2.11 bits per heavy atom. The highest BCUT2D eigenvalue weighted by atomic mass is 16.5. The lowest BCUT2D eigenvalue weighted by Gasteiger charge is -2.29. The monoisotopic (exact) mass is 252 g/mol. The number of carbonyl (C=O) groups excluding carboxylic acids is 1. The van der Waals surface area contributed by atoms with Gasteiger partial charge in [-0.2, -0.15) is 0 Å². The molecule has 1 aromatic rings. The quantitative estimate of drug-likeness (QED) is 0.803. The lowest BCUT2D eigenvalue weighted by atomic mass is 9.83. The molecule has 5 nitrogen and oxygen atoms in total. The molecule has 0 bridgehead atoms. The number of esters is 1. The average Bonchev–Trinajstić information content (AvgIpc) is 2.34. The summed E-state index contributed by atoms with van der Waals surface area (Å²) in [6.45, 7) is 3.73. The second-order valence-corrected chi connectivity index (χ2v) is 4.76. The maximum absolute atomic E-state index is 11.5. The summed E-state index contributed by atoms with van der Waals surface area (Å²) in [5.74, 6) is -0.0187. The number of methoxy groups -OCH3 is 2. The molecule has 0 fully saturated rings. The summed E-state index contributed by atoms with van der Waals surface area (Å²) in [6.07, 6.45) is 0.195. The molecule has 0 aliphatic rings. The summed E-state index contributed by atoms with van der Waals surface area (Å²) >= 11 is 0. The van der Waals surface area contributed by atoms with Crippen molar-refractivity contribution in [2.24, 2.45) is 5.73 Å². The number of carbonyl (C=O) groups is 1. The highest BCUT2D eigenvalue weighted by molar-refractivity contribution is 5.70. The minimum atomic E-state index is -0.576. The molecule has 100 valence electrons. The molecule has 0 spiro atoms. The molecule has 1 aromatic heterocycles. The fourth-order valence-corrected chi connectivity index (χ4v) is 1.74. The molecule has 1 atom stereocenters. The van der Waals surface area contributed by atoms with Gasteiger partial charge in [-0.25, -0.2) is 4.98 Å². The first kappa shape index (κ1) is 14.4. The molecule has 0 radical (unpaired) electrons. The summed E-state index contributed by atoms with van der Waals surface area (Å²) < 4.78 is 9.78. The van der Waals surface area contributed by atoms with E-state index in [1.807, 2.05) is 26.0 Å². The van der Waals surface area contributed by atoms with E-state index >= 15 is 0 Å². The van der Waals surface area contributed by atoms with Crippen molar-refractivity contribution < 1.29 is 14.3 Å². The van der Waals surface area contributed by atoms with E-state index in [1.54, 1.807) is 13.2 Å². The van der Waals surface area contributed by atoms with Crippen molar-refractivity contribution in [1.82, 2.24) is 4.98 Å². The van der Waals surface area contributed by atoms with E-state index in [4.69, 9.17) is 15.2 Å². The zero-order valence-electron chi connectivity index (χ0n) is 11.3. The van der Waals surface area contributed by atoms with Crippen molar-refractivity contribution >= 4 is 5.97 Å². The molecule has 18 heavy (non-hydrogen) atoms. The Balaban J connectivity index is 3.05. The van der Waals surface area contributed by atoms with E-state index in [0.29, 0.717) is 5.88 Å². The molecule has 0 aliphatic carbocycles. The van der Waals surface area contributed by atoms with Gasteiger partial charge in [0.1, 0.15) is 0 Å². The van der Waals surface area contributed by atoms with Gasteiger partial charge in [0.15, 0.2) is 0 Å². The van der Waals surface area contributed by atoms with Gasteiger partial charge in [-0.3, -0.25) is 4.79 Å². The Hall–Kier alpha value is -1.62. The number of aromatic nitrogens is 1. The van der Waals surface area contributed by atoms with Crippen LogP contribution >= 0.6 is 0 Å². The molecular weight excluding hydrogens is 232 g/mol. The Morgan fingerprint density at radius 3 is 2.61 bits per heavy atom. The van der Waals surface area contributed by atoms with Crippen LogP contribution in [0.25, 0.3) is 0 Å². The molecule has 0 saturated heterocycles. The molecule has 0 aromatic carbocycles. The number of ether oxygens (including phenoxy) is 2. The topological polar surface area (TPSA) is 74.4 Å². The lowest BCUT2D eigenvalue weighted by molar-refractivity contribution is -0.141. The average molecular weight is 252 g/mol. The fraction of sp³-hybridized carbons (Fsp3) is 0.538. The molecule has 1 heterocycles. The summed E-state index contributed by atoms with van der Waals surface area (Å²) in [4.78, 5) is 15.8. The van der Waals surface area contributed by atoms with E-state index in [2.05, 4.69) is 4.98 Å². The van der Waals surface area contributed by atoms with E-state index in [-0.39, 0.29) is 18.3 Å². The first-order chi connectivity index (χ1) is 8.38. The molecule has 2 N–H and O–H groups in total. The predicted molar refractivity (Wildman–Crippen MR) is 68.4 cm³/mol. The largest absolute Gasteiger partial charge is 0.481 e. The second kappa shape index (κ2) is 5.82. The first-order valence-corrected chi connectivity index (χ1v) is 5.75. The van der Waals surface area contributed by atoms with Crippen molar-refractivity contribution in [3.63, 3.8) is 0 Å². The summed E-state index contributed by atoms with van der Waals surface area (Å²) in [5.41, 5.74) is 6.27. The van der Waals surface area contributed by atoms with Crippen molar-refractivity contribution in [2.75, 3.05) is 14.2 Å². The minimum absolute atomic E-state index is 0.195. The van der Waals surface area contributed by atoms with Gasteiger partial charge in [0.05, 0.1) is 20.6 Å². The maximum Gasteiger partial charge on any atom is 0.306 e. The standard InChI is InChI=1S/C13H20N2O3/c1-13(2,14)9(8-12(16)18-4)10-6-5-7-11(15-10)17-3/h5-7,9H,8,14H2,1-4H3. The third-order valence-electron chi connectivity index (χ3n) is 2.81. The summed E-state index contributed by atoms with van der Waals surface area (Å²) in [5, 5.41) is 0. The number of hydrogen-bond donors (Lipinski definition) is 1. The minimum Gasteiger partial charge on any atom is -0.481 e. The van der Waals surface area contributed by atoms with Crippen molar-refractivity contribution in [2.45, 2.75) is 31.7 Å². The van der Waals surface area contributed by atoms with Gasteiger partial charge in [0.25, 0.3) is 0 Å². The molecule has 0 amide bonds. The van der Waals surface area contributed by atoms with Gasteiger partial charge in [-0.1, -0.05) is 6.07 Å². The van der Waals surface area contributed by atoms with Gasteiger partial charge in [0.2, 0.25) is 5.88 Å². The third-order valence-corrected chi connectivity index (χ3v) is 2.81. The van der Waals surface area contributed by atoms with Crippen LogP contribution in [0.15, 0.2) is 18.2 Å². The molecule has 0 saturated carbocycles. The van der Waals surface area contributed by atoms with Crippen LogP contribution in [-0.2, 0) is 9.53 Å². The van der Waals surface area contributed by atoms with Crippen LogP contribution < -0.4 is 10.5 Å². The second-order valence-electron chi connectivity index (χ2n) is 4.76. The Kier molecular flexibility index (Phi) is 4.67. The Bertz CT molecular complexity index is 413. The summed E-state index contributed by atoms with van der Waals surface area (Å²) in [6, 6.07) is 5.42. The third kappa shape index (κ3) is 3.70. The van der Waals surface area contributed by atoms with Crippen LogP contribution in [-0.4, -0.2) is 30.7 Å². The molecule has 1 unspecified atom stereocenters. The van der Waals surface area contributed by atoms with Crippen molar-refractivity contribution in [3.8, 4) is 5.88 Å². The van der Waals surface area contributed by atoms with Gasteiger partial charge in [0, 0.05) is 23.2 Å². The van der Waals surface area contributed by atoms with Crippen molar-refractivity contribution in [1.29, 1.82) is 0 Å². The van der Waals surface area contributed by atoms with Gasteiger partial charge in [-0.15, -0.1) is 0 Å². The van der Waals surface area contributed by atoms with Crippen LogP contribution in [0.2, 0.25) is 0 Å². The predicted octanol–water partition coefficient (Wildman–Crippen LogP) is 1.47. The van der Waals surface area contributed by atoms with Crippen molar-refractivity contribution in [3.05, 3.63) is 23.9 Å². The smallest absolute Gasteiger partial charge is 0.306 e. The number of hydrogen-bond acceptors (Lipinski definition) is 5. The zero-order chi connectivity index (χ0) is 13.8. The molecule has 0 aliphatic heterocycles. The fourth-order valence-electron chi connectivity index (χ4n) is 1.74. The van der Waals surface area contributed by atoms with E-state index in [9.17, 15) is 4.79 Å². The van der Waals surface area contributed by atoms with Gasteiger partial charge < -0.3 is 15.2 Å². The Labute approximate surface area is 107 Å². The summed E-state index contributed by atoms with van der Waals surface area (Å²) in [7, 11) is 2.91. The van der Waals surface area contributed by atoms with E-state index in [1.165, 1.54) is 7.11 Å². The van der Waals surface area contributed by atoms with Crippen LogP contribution in [0, 0.1) is 0 Å². The normalized spacial score (nSPS) is 12.9. The molecule has 1 rings (SSSR count).